The topological polar surface area (TPSA) is 54.0 Å². The molecular formula is C16H19N3O. The zero-order chi connectivity index (χ0) is 14.2. The molecule has 0 atom stereocenters. The highest BCUT2D eigenvalue weighted by atomic mass is 16.1. The molecule has 4 heteroatoms. The molecule has 0 radical (unpaired) electrons. The van der Waals surface area contributed by atoms with Gasteiger partial charge < -0.3 is 10.6 Å². The van der Waals surface area contributed by atoms with Crippen molar-refractivity contribution in [1.29, 1.82) is 0 Å². The minimum atomic E-state index is 0.0111. The SMILES string of the molecule is CNCc1ccc(NC(=O)CCc2ccccn2)cc1. The van der Waals surface area contributed by atoms with Gasteiger partial charge in [0.25, 0.3) is 0 Å². The summed E-state index contributed by atoms with van der Waals surface area (Å²) in [7, 11) is 1.91. The van der Waals surface area contributed by atoms with E-state index in [2.05, 4.69) is 15.6 Å². The molecule has 2 aromatic rings. The molecule has 20 heavy (non-hydrogen) atoms. The van der Waals surface area contributed by atoms with Crippen LogP contribution >= 0.6 is 0 Å². The monoisotopic (exact) mass is 269 g/mol. The Morgan fingerprint density at radius 2 is 1.95 bits per heavy atom. The van der Waals surface area contributed by atoms with Crippen molar-refractivity contribution >= 4 is 11.6 Å². The minimum absolute atomic E-state index is 0.0111. The van der Waals surface area contributed by atoms with Gasteiger partial charge in [0.2, 0.25) is 5.91 Å². The second kappa shape index (κ2) is 7.40. The number of benzene rings is 1. The van der Waals surface area contributed by atoms with Gasteiger partial charge >= 0.3 is 0 Å². The van der Waals surface area contributed by atoms with Crippen LogP contribution in [0.5, 0.6) is 0 Å². The lowest BCUT2D eigenvalue weighted by atomic mass is 10.2. The van der Waals surface area contributed by atoms with Crippen molar-refractivity contribution in [2.24, 2.45) is 0 Å². The number of carbonyl (C=O) groups excluding carboxylic acids is 1. The third-order valence-corrected chi connectivity index (χ3v) is 2.95. The molecule has 4 nitrogen and oxygen atoms in total. The molecule has 0 aliphatic heterocycles. The van der Waals surface area contributed by atoms with Crippen LogP contribution in [0.1, 0.15) is 17.7 Å². The maximum absolute atomic E-state index is 11.8. The number of rotatable bonds is 6. The maximum Gasteiger partial charge on any atom is 0.224 e. The third kappa shape index (κ3) is 4.48. The molecule has 1 amide bonds. The van der Waals surface area contributed by atoms with E-state index in [9.17, 15) is 4.79 Å². The van der Waals surface area contributed by atoms with Crippen LogP contribution in [-0.4, -0.2) is 17.9 Å². The van der Waals surface area contributed by atoms with E-state index in [0.29, 0.717) is 12.8 Å². The van der Waals surface area contributed by atoms with Gasteiger partial charge in [-0.2, -0.15) is 0 Å². The van der Waals surface area contributed by atoms with E-state index in [0.717, 1.165) is 17.9 Å². The van der Waals surface area contributed by atoms with E-state index >= 15 is 0 Å². The quantitative estimate of drug-likeness (QED) is 0.846. The predicted molar refractivity (Wildman–Crippen MR) is 80.4 cm³/mol. The van der Waals surface area contributed by atoms with Crippen LogP contribution in [0.3, 0.4) is 0 Å². The summed E-state index contributed by atoms with van der Waals surface area (Å²) in [5.41, 5.74) is 2.96. The molecule has 0 spiro atoms. The molecule has 0 bridgehead atoms. The third-order valence-electron chi connectivity index (χ3n) is 2.95. The molecule has 0 unspecified atom stereocenters. The molecule has 0 fully saturated rings. The normalized spacial score (nSPS) is 10.2. The van der Waals surface area contributed by atoms with Crippen LogP contribution in [0.25, 0.3) is 0 Å². The second-order valence-electron chi connectivity index (χ2n) is 4.60. The average molecular weight is 269 g/mol. The van der Waals surface area contributed by atoms with Gasteiger partial charge in [0, 0.05) is 30.5 Å². The zero-order valence-corrected chi connectivity index (χ0v) is 11.6. The highest BCUT2D eigenvalue weighted by Gasteiger charge is 2.03. The van der Waals surface area contributed by atoms with E-state index in [1.807, 2.05) is 49.5 Å². The molecule has 1 heterocycles. The number of nitrogens with one attached hydrogen (secondary N) is 2. The summed E-state index contributed by atoms with van der Waals surface area (Å²) < 4.78 is 0. The molecule has 104 valence electrons. The van der Waals surface area contributed by atoms with Crippen LogP contribution in [0.4, 0.5) is 5.69 Å². The lowest BCUT2D eigenvalue weighted by Gasteiger charge is -2.06. The van der Waals surface area contributed by atoms with Crippen molar-refractivity contribution in [2.45, 2.75) is 19.4 Å². The maximum atomic E-state index is 11.8. The molecule has 2 N–H and O–H groups in total. The minimum Gasteiger partial charge on any atom is -0.326 e. The number of nitrogens with zero attached hydrogens (tertiary/aromatic N) is 1. The van der Waals surface area contributed by atoms with Crippen molar-refractivity contribution < 1.29 is 4.79 Å². The Morgan fingerprint density at radius 1 is 1.15 bits per heavy atom. The van der Waals surface area contributed by atoms with Crippen LogP contribution in [0.2, 0.25) is 0 Å². The molecule has 0 aliphatic rings. The standard InChI is InChI=1S/C16H19N3O/c1-17-12-13-5-7-15(8-6-13)19-16(20)10-9-14-4-2-3-11-18-14/h2-8,11,17H,9-10,12H2,1H3,(H,19,20). The van der Waals surface area contributed by atoms with Crippen molar-refractivity contribution in [1.82, 2.24) is 10.3 Å². The van der Waals surface area contributed by atoms with Gasteiger partial charge in [-0.05, 0) is 43.3 Å². The predicted octanol–water partition coefficient (Wildman–Crippen LogP) is 2.37. The highest BCUT2D eigenvalue weighted by Crippen LogP contribution is 2.10. The smallest absolute Gasteiger partial charge is 0.224 e. The largest absolute Gasteiger partial charge is 0.326 e. The molecule has 0 saturated heterocycles. The summed E-state index contributed by atoms with van der Waals surface area (Å²) in [6, 6.07) is 13.6. The highest BCUT2D eigenvalue weighted by molar-refractivity contribution is 5.90. The number of aromatic nitrogens is 1. The van der Waals surface area contributed by atoms with E-state index in [1.54, 1.807) is 6.20 Å². The molecule has 1 aromatic heterocycles. The first-order chi connectivity index (χ1) is 9.78. The van der Waals surface area contributed by atoms with Crippen LogP contribution < -0.4 is 10.6 Å². The van der Waals surface area contributed by atoms with Crippen molar-refractivity contribution in [2.75, 3.05) is 12.4 Å². The average Bonchev–Trinajstić information content (AvgIpc) is 2.49. The fraction of sp³-hybridized carbons (Fsp3) is 0.250. The lowest BCUT2D eigenvalue weighted by Crippen LogP contribution is -2.12. The van der Waals surface area contributed by atoms with Crippen LogP contribution in [0.15, 0.2) is 48.7 Å². The fourth-order valence-corrected chi connectivity index (χ4v) is 1.92. The number of carbonyl (C=O) groups is 1. The molecule has 1 aromatic carbocycles. The first-order valence-electron chi connectivity index (χ1n) is 6.71. The first kappa shape index (κ1) is 14.2. The summed E-state index contributed by atoms with van der Waals surface area (Å²) in [6.07, 6.45) is 2.84. The number of hydrogen-bond donors (Lipinski definition) is 2. The van der Waals surface area contributed by atoms with Crippen molar-refractivity contribution in [3.8, 4) is 0 Å². The summed E-state index contributed by atoms with van der Waals surface area (Å²) >= 11 is 0. The van der Waals surface area contributed by atoms with Gasteiger partial charge in [-0.1, -0.05) is 18.2 Å². The van der Waals surface area contributed by atoms with E-state index in [4.69, 9.17) is 0 Å². The Hall–Kier alpha value is -2.20. The van der Waals surface area contributed by atoms with Gasteiger partial charge in [0.1, 0.15) is 0 Å². The van der Waals surface area contributed by atoms with Gasteiger partial charge in [0.05, 0.1) is 0 Å². The number of amides is 1. The number of anilines is 1. The van der Waals surface area contributed by atoms with Gasteiger partial charge in [-0.25, -0.2) is 0 Å². The number of hydrogen-bond acceptors (Lipinski definition) is 3. The zero-order valence-electron chi connectivity index (χ0n) is 11.6. The number of pyridine rings is 1. The van der Waals surface area contributed by atoms with Crippen LogP contribution in [-0.2, 0) is 17.8 Å². The lowest BCUT2D eigenvalue weighted by molar-refractivity contribution is -0.116. The van der Waals surface area contributed by atoms with E-state index < -0.39 is 0 Å². The Morgan fingerprint density at radius 3 is 2.60 bits per heavy atom. The van der Waals surface area contributed by atoms with Gasteiger partial charge in [-0.15, -0.1) is 0 Å². The Balaban J connectivity index is 1.82. The van der Waals surface area contributed by atoms with Crippen LogP contribution in [0, 0.1) is 0 Å². The molecular weight excluding hydrogens is 250 g/mol. The van der Waals surface area contributed by atoms with E-state index in [1.165, 1.54) is 5.56 Å². The Kier molecular flexibility index (Phi) is 5.26. The summed E-state index contributed by atoms with van der Waals surface area (Å²) in [4.78, 5) is 16.0. The Bertz CT molecular complexity index is 537. The number of aryl methyl sites for hydroxylation is 1. The molecule has 2 rings (SSSR count). The summed E-state index contributed by atoms with van der Waals surface area (Å²) in [6.45, 7) is 0.827. The molecule has 0 aliphatic carbocycles. The van der Waals surface area contributed by atoms with Crippen molar-refractivity contribution in [3.63, 3.8) is 0 Å². The molecule has 0 saturated carbocycles. The van der Waals surface area contributed by atoms with E-state index in [-0.39, 0.29) is 5.91 Å². The Labute approximate surface area is 119 Å². The summed E-state index contributed by atoms with van der Waals surface area (Å²) in [5.74, 6) is 0.0111. The fourth-order valence-electron chi connectivity index (χ4n) is 1.92. The van der Waals surface area contributed by atoms with Gasteiger partial charge in [0.15, 0.2) is 0 Å². The van der Waals surface area contributed by atoms with Gasteiger partial charge in [-0.3, -0.25) is 9.78 Å². The second-order valence-corrected chi connectivity index (χ2v) is 4.60. The first-order valence-corrected chi connectivity index (χ1v) is 6.71. The summed E-state index contributed by atoms with van der Waals surface area (Å²) in [5, 5.41) is 5.98. The van der Waals surface area contributed by atoms with Crippen molar-refractivity contribution in [3.05, 3.63) is 59.9 Å².